The van der Waals surface area contributed by atoms with E-state index in [2.05, 4.69) is 50.1 Å². The molecular formula is C18H32N4. The van der Waals surface area contributed by atoms with Crippen molar-refractivity contribution < 1.29 is 0 Å². The average Bonchev–Trinajstić information content (AvgIpc) is 2.43. The summed E-state index contributed by atoms with van der Waals surface area (Å²) in [6.07, 6.45) is 0. The summed E-state index contributed by atoms with van der Waals surface area (Å²) in [5.74, 6) is 0.533. The molecule has 0 heterocycles. The fourth-order valence-corrected chi connectivity index (χ4v) is 1.91. The van der Waals surface area contributed by atoms with E-state index < -0.39 is 11.1 Å². The monoisotopic (exact) mass is 304 g/mol. The largest absolute Gasteiger partial charge is 0.196 e. The highest BCUT2D eigenvalue weighted by atomic mass is 15.2. The minimum atomic E-state index is -0.966. The van der Waals surface area contributed by atoms with Gasteiger partial charge in [0.05, 0.1) is 12.1 Å². The van der Waals surface area contributed by atoms with E-state index >= 15 is 0 Å². The molecule has 0 aromatic rings. The van der Waals surface area contributed by atoms with Crippen molar-refractivity contribution in [3.63, 3.8) is 0 Å². The SMILES string of the molecule is CC(C)C(C)(C)C(C)(C#N)N=NC(C)(C#N)C(C)(C)C(C)C. The second-order valence-electron chi connectivity index (χ2n) is 8.32. The van der Waals surface area contributed by atoms with E-state index in [0.29, 0.717) is 0 Å². The molecule has 4 nitrogen and oxygen atoms in total. The van der Waals surface area contributed by atoms with Crippen molar-refractivity contribution in [1.82, 2.24) is 0 Å². The minimum Gasteiger partial charge on any atom is -0.196 e. The number of hydrogen-bond acceptors (Lipinski definition) is 4. The molecule has 0 aliphatic rings. The van der Waals surface area contributed by atoms with Gasteiger partial charge in [-0.1, -0.05) is 55.4 Å². The molecule has 2 atom stereocenters. The van der Waals surface area contributed by atoms with Crippen LogP contribution in [0.1, 0.15) is 69.2 Å². The number of nitriles is 2. The first-order valence-corrected chi connectivity index (χ1v) is 7.98. The molecule has 0 rings (SSSR count). The molecule has 22 heavy (non-hydrogen) atoms. The maximum absolute atomic E-state index is 9.66. The van der Waals surface area contributed by atoms with Crippen molar-refractivity contribution in [3.05, 3.63) is 0 Å². The fraction of sp³-hybridized carbons (Fsp3) is 0.889. The summed E-state index contributed by atoms with van der Waals surface area (Å²) in [6, 6.07) is 4.62. The van der Waals surface area contributed by atoms with Crippen LogP contribution in [0.2, 0.25) is 0 Å². The molecule has 0 aliphatic heterocycles. The molecule has 0 amide bonds. The Kier molecular flexibility index (Phi) is 5.96. The van der Waals surface area contributed by atoms with Crippen molar-refractivity contribution >= 4 is 0 Å². The summed E-state index contributed by atoms with van der Waals surface area (Å²) in [5, 5.41) is 28.1. The summed E-state index contributed by atoms with van der Waals surface area (Å²) in [4.78, 5) is 0. The summed E-state index contributed by atoms with van der Waals surface area (Å²) in [5.41, 5.74) is -2.62. The third-order valence-electron chi connectivity index (χ3n) is 6.28. The highest BCUT2D eigenvalue weighted by molar-refractivity contribution is 5.16. The van der Waals surface area contributed by atoms with Crippen LogP contribution >= 0.6 is 0 Å². The minimum absolute atomic E-state index is 0.266. The van der Waals surface area contributed by atoms with Crippen molar-refractivity contribution in [2.75, 3.05) is 0 Å². The zero-order valence-electron chi connectivity index (χ0n) is 15.9. The molecule has 0 fully saturated rings. The Morgan fingerprint density at radius 3 is 1.00 bits per heavy atom. The fourth-order valence-electron chi connectivity index (χ4n) is 1.91. The van der Waals surface area contributed by atoms with Gasteiger partial charge in [0.25, 0.3) is 0 Å². The number of azo groups is 1. The first-order valence-electron chi connectivity index (χ1n) is 7.98. The standard InChI is InChI=1S/C18H32N4/c1-13(2)15(5,6)17(9,11-19)21-22-18(10,12-20)16(7,8)14(3)4/h13-14H,1-10H3. The Morgan fingerprint density at radius 2 is 0.864 bits per heavy atom. The van der Waals surface area contributed by atoms with Crippen molar-refractivity contribution in [2.45, 2.75) is 80.3 Å². The van der Waals surface area contributed by atoms with E-state index in [1.807, 2.05) is 27.7 Å². The molecule has 0 radical (unpaired) electrons. The molecule has 0 aliphatic carbocycles. The summed E-state index contributed by atoms with van der Waals surface area (Å²) in [7, 11) is 0. The lowest BCUT2D eigenvalue weighted by molar-refractivity contribution is 0.127. The highest BCUT2D eigenvalue weighted by Gasteiger charge is 2.48. The van der Waals surface area contributed by atoms with Crippen LogP contribution in [-0.2, 0) is 0 Å². The number of nitrogens with zero attached hydrogens (tertiary/aromatic N) is 4. The molecular weight excluding hydrogens is 272 g/mol. The molecule has 0 spiro atoms. The predicted octanol–water partition coefficient (Wildman–Crippen LogP) is 5.37. The highest BCUT2D eigenvalue weighted by Crippen LogP contribution is 2.44. The summed E-state index contributed by atoms with van der Waals surface area (Å²) < 4.78 is 0. The van der Waals surface area contributed by atoms with Gasteiger partial charge in [0, 0.05) is 10.8 Å². The van der Waals surface area contributed by atoms with Gasteiger partial charge in [-0.3, -0.25) is 0 Å². The maximum atomic E-state index is 9.66. The van der Waals surface area contributed by atoms with Gasteiger partial charge in [0.1, 0.15) is 0 Å². The molecule has 0 bridgehead atoms. The molecule has 124 valence electrons. The molecule has 4 heteroatoms. The van der Waals surface area contributed by atoms with Gasteiger partial charge in [0.15, 0.2) is 11.1 Å². The van der Waals surface area contributed by atoms with Gasteiger partial charge < -0.3 is 0 Å². The van der Waals surface area contributed by atoms with E-state index in [4.69, 9.17) is 0 Å². The van der Waals surface area contributed by atoms with Crippen LogP contribution in [0.5, 0.6) is 0 Å². The quantitative estimate of drug-likeness (QED) is 0.619. The van der Waals surface area contributed by atoms with Gasteiger partial charge >= 0.3 is 0 Å². The van der Waals surface area contributed by atoms with Crippen molar-refractivity contribution in [3.8, 4) is 12.1 Å². The van der Waals surface area contributed by atoms with Crippen molar-refractivity contribution in [2.24, 2.45) is 32.9 Å². The van der Waals surface area contributed by atoms with Gasteiger partial charge in [-0.05, 0) is 25.7 Å². The second-order valence-corrected chi connectivity index (χ2v) is 8.32. The van der Waals surface area contributed by atoms with Gasteiger partial charge in [-0.2, -0.15) is 20.8 Å². The molecule has 2 unspecified atom stereocenters. The van der Waals surface area contributed by atoms with E-state index in [1.165, 1.54) is 0 Å². The van der Waals surface area contributed by atoms with E-state index in [1.54, 1.807) is 13.8 Å². The van der Waals surface area contributed by atoms with Crippen LogP contribution < -0.4 is 0 Å². The molecule has 0 aromatic heterocycles. The third-order valence-corrected chi connectivity index (χ3v) is 6.28. The zero-order valence-corrected chi connectivity index (χ0v) is 15.9. The lowest BCUT2D eigenvalue weighted by Crippen LogP contribution is -2.45. The van der Waals surface area contributed by atoms with Gasteiger partial charge in [-0.25, -0.2) is 0 Å². The van der Waals surface area contributed by atoms with E-state index in [9.17, 15) is 10.5 Å². The normalized spacial score (nSPS) is 18.8. The first kappa shape index (κ1) is 20.6. The van der Waals surface area contributed by atoms with Crippen LogP contribution in [0, 0.1) is 45.3 Å². The first-order chi connectivity index (χ1) is 9.72. The van der Waals surface area contributed by atoms with Crippen molar-refractivity contribution in [1.29, 1.82) is 10.5 Å². The van der Waals surface area contributed by atoms with Crippen LogP contribution in [0.25, 0.3) is 0 Å². The Bertz CT molecular complexity index is 456. The Hall–Kier alpha value is -1.42. The Balaban J connectivity index is 5.92. The molecule has 0 N–H and O–H groups in total. The van der Waals surface area contributed by atoms with Crippen LogP contribution in [0.3, 0.4) is 0 Å². The topological polar surface area (TPSA) is 72.3 Å². The van der Waals surface area contributed by atoms with Crippen LogP contribution in [0.15, 0.2) is 10.2 Å². The van der Waals surface area contributed by atoms with Gasteiger partial charge in [0.2, 0.25) is 0 Å². The Labute approximate surface area is 136 Å². The smallest absolute Gasteiger partial charge is 0.170 e. The molecule has 0 aromatic carbocycles. The summed E-state index contributed by atoms with van der Waals surface area (Å²) in [6.45, 7) is 20.0. The number of hydrogen-bond donors (Lipinski definition) is 0. The third kappa shape index (κ3) is 3.32. The van der Waals surface area contributed by atoms with E-state index in [-0.39, 0.29) is 22.7 Å². The lowest BCUT2D eigenvalue weighted by atomic mass is 9.66. The van der Waals surface area contributed by atoms with Gasteiger partial charge in [-0.15, -0.1) is 0 Å². The molecule has 0 saturated heterocycles. The predicted molar refractivity (Wildman–Crippen MR) is 90.1 cm³/mol. The van der Waals surface area contributed by atoms with Crippen LogP contribution in [0.4, 0.5) is 0 Å². The second kappa shape index (κ2) is 6.37. The zero-order chi connectivity index (χ0) is 18.0. The summed E-state index contributed by atoms with van der Waals surface area (Å²) >= 11 is 0. The molecule has 0 saturated carbocycles. The van der Waals surface area contributed by atoms with Crippen LogP contribution in [-0.4, -0.2) is 11.1 Å². The Morgan fingerprint density at radius 1 is 0.636 bits per heavy atom. The number of rotatable bonds is 6. The van der Waals surface area contributed by atoms with E-state index in [0.717, 1.165) is 0 Å². The maximum Gasteiger partial charge on any atom is 0.170 e. The lowest BCUT2D eigenvalue weighted by Gasteiger charge is -2.41. The average molecular weight is 304 g/mol.